The Morgan fingerprint density at radius 1 is 1.53 bits per heavy atom. The van der Waals surface area contributed by atoms with Gasteiger partial charge in [-0.3, -0.25) is 9.20 Å². The van der Waals surface area contributed by atoms with Crippen molar-refractivity contribution in [1.82, 2.24) is 14.6 Å². The number of hydrogen-bond donors (Lipinski definition) is 1. The topological polar surface area (TPSA) is 73.3 Å². The van der Waals surface area contributed by atoms with Gasteiger partial charge in [0.05, 0.1) is 11.3 Å². The molecule has 2 aromatic heterocycles. The molecule has 0 atom stereocenters. The second-order valence-electron chi connectivity index (χ2n) is 3.46. The highest BCUT2D eigenvalue weighted by atomic mass is 16.1. The Hall–Kier alpha value is -2.17. The lowest BCUT2D eigenvalue weighted by atomic mass is 10.1. The van der Waals surface area contributed by atoms with Crippen LogP contribution in [0.3, 0.4) is 0 Å². The number of primary amides is 1. The first-order valence-electron chi connectivity index (χ1n) is 4.59. The summed E-state index contributed by atoms with van der Waals surface area (Å²) in [6, 6.07) is 1.79. The first-order chi connectivity index (χ1) is 7.27. The minimum absolute atomic E-state index is 0.426. The van der Waals surface area contributed by atoms with Crippen molar-refractivity contribution < 1.29 is 4.79 Å². The third kappa shape index (κ3) is 0.999. The van der Waals surface area contributed by atoms with E-state index in [4.69, 9.17) is 5.73 Å². The lowest BCUT2D eigenvalue weighted by Gasteiger charge is -2.05. The van der Waals surface area contributed by atoms with Crippen LogP contribution in [0.15, 0.2) is 18.5 Å². The normalized spacial score (nSPS) is 13.3. The molecule has 0 radical (unpaired) electrons. The quantitative estimate of drug-likeness (QED) is 0.724. The summed E-state index contributed by atoms with van der Waals surface area (Å²) in [5, 5.41) is 7.69. The fourth-order valence-electron chi connectivity index (χ4n) is 1.89. The largest absolute Gasteiger partial charge is 0.365 e. The van der Waals surface area contributed by atoms with Gasteiger partial charge in [0.25, 0.3) is 5.91 Å². The number of rotatable bonds is 1. The van der Waals surface area contributed by atoms with Crippen LogP contribution in [0.1, 0.15) is 21.6 Å². The van der Waals surface area contributed by atoms with Crippen LogP contribution < -0.4 is 5.73 Å². The van der Waals surface area contributed by atoms with Crippen LogP contribution in [-0.2, 0) is 6.42 Å². The maximum Gasteiger partial charge on any atom is 0.252 e. The van der Waals surface area contributed by atoms with Crippen molar-refractivity contribution in [1.29, 1.82) is 0 Å². The van der Waals surface area contributed by atoms with Gasteiger partial charge in [0.15, 0.2) is 5.65 Å². The van der Waals surface area contributed by atoms with E-state index in [0.717, 1.165) is 17.7 Å². The highest BCUT2D eigenvalue weighted by Crippen LogP contribution is 2.23. The van der Waals surface area contributed by atoms with Gasteiger partial charge in [0.1, 0.15) is 6.33 Å². The van der Waals surface area contributed by atoms with E-state index in [1.54, 1.807) is 16.8 Å². The third-order valence-electron chi connectivity index (χ3n) is 2.57. The van der Waals surface area contributed by atoms with Crippen LogP contribution in [0.2, 0.25) is 0 Å². The number of fused-ring (bicyclic) bond motifs is 3. The van der Waals surface area contributed by atoms with E-state index in [2.05, 4.69) is 10.2 Å². The van der Waals surface area contributed by atoms with E-state index in [1.807, 2.05) is 12.2 Å². The highest BCUT2D eigenvalue weighted by molar-refractivity contribution is 5.99. The first-order valence-corrected chi connectivity index (χ1v) is 4.59. The molecule has 1 aliphatic carbocycles. The second kappa shape index (κ2) is 2.66. The average Bonchev–Trinajstić information content (AvgIpc) is 2.83. The molecule has 0 spiro atoms. The molecule has 0 aliphatic heterocycles. The van der Waals surface area contributed by atoms with Crippen molar-refractivity contribution in [3.05, 3.63) is 35.3 Å². The lowest BCUT2D eigenvalue weighted by molar-refractivity contribution is 0.100. The van der Waals surface area contributed by atoms with Gasteiger partial charge in [-0.25, -0.2) is 0 Å². The van der Waals surface area contributed by atoms with Gasteiger partial charge in [-0.15, -0.1) is 10.2 Å². The van der Waals surface area contributed by atoms with Crippen molar-refractivity contribution in [2.75, 3.05) is 0 Å². The van der Waals surface area contributed by atoms with Crippen molar-refractivity contribution in [2.24, 2.45) is 5.73 Å². The number of aromatic nitrogens is 3. The molecule has 1 aliphatic rings. The summed E-state index contributed by atoms with van der Waals surface area (Å²) in [4.78, 5) is 11.2. The number of allylic oxidation sites excluding steroid dienone is 1. The van der Waals surface area contributed by atoms with Crippen LogP contribution >= 0.6 is 0 Å². The molecular formula is C10H8N4O. The molecule has 0 saturated heterocycles. The molecule has 15 heavy (non-hydrogen) atoms. The van der Waals surface area contributed by atoms with Crippen molar-refractivity contribution in [2.45, 2.75) is 6.42 Å². The molecule has 74 valence electrons. The zero-order valence-corrected chi connectivity index (χ0v) is 7.84. The number of amides is 1. The number of pyridine rings is 1. The number of nitrogens with zero attached hydrogens (tertiary/aromatic N) is 3. The zero-order valence-electron chi connectivity index (χ0n) is 7.84. The Labute approximate surface area is 85.2 Å². The highest BCUT2D eigenvalue weighted by Gasteiger charge is 2.16. The molecule has 2 heterocycles. The van der Waals surface area contributed by atoms with Gasteiger partial charge in [0.2, 0.25) is 0 Å². The van der Waals surface area contributed by atoms with Gasteiger partial charge >= 0.3 is 0 Å². The van der Waals surface area contributed by atoms with Gasteiger partial charge in [-0.05, 0) is 24.1 Å². The fraction of sp³-hybridized carbons (Fsp3) is 0.100. The Bertz CT molecular complexity index is 597. The Kier molecular flexibility index (Phi) is 1.45. The number of hydrogen-bond acceptors (Lipinski definition) is 3. The van der Waals surface area contributed by atoms with Crippen LogP contribution in [0.5, 0.6) is 0 Å². The Balaban J connectivity index is 2.46. The van der Waals surface area contributed by atoms with Gasteiger partial charge in [-0.2, -0.15) is 0 Å². The summed E-state index contributed by atoms with van der Waals surface area (Å²) >= 11 is 0. The number of carbonyl (C=O) groups is 1. The summed E-state index contributed by atoms with van der Waals surface area (Å²) in [5.41, 5.74) is 8.35. The van der Waals surface area contributed by atoms with Gasteiger partial charge in [0, 0.05) is 0 Å². The predicted molar refractivity (Wildman–Crippen MR) is 54.2 cm³/mol. The molecule has 5 heteroatoms. The molecule has 0 fully saturated rings. The SMILES string of the molecule is NC(=O)c1cc2c(n3cnnc13)C=CC2. The molecule has 0 unspecified atom stereocenters. The maximum absolute atomic E-state index is 11.2. The third-order valence-corrected chi connectivity index (χ3v) is 2.57. The van der Waals surface area contributed by atoms with E-state index in [0.29, 0.717) is 11.2 Å². The zero-order chi connectivity index (χ0) is 10.4. The molecule has 2 aromatic rings. The summed E-state index contributed by atoms with van der Waals surface area (Å²) in [6.07, 6.45) is 6.45. The minimum Gasteiger partial charge on any atom is -0.365 e. The fourth-order valence-corrected chi connectivity index (χ4v) is 1.89. The van der Waals surface area contributed by atoms with E-state index in [9.17, 15) is 4.79 Å². The van der Waals surface area contributed by atoms with Crippen LogP contribution in [0, 0.1) is 0 Å². The lowest BCUT2D eigenvalue weighted by Crippen LogP contribution is -2.14. The molecule has 0 bridgehead atoms. The molecule has 1 amide bonds. The molecule has 3 rings (SSSR count). The Morgan fingerprint density at radius 2 is 2.40 bits per heavy atom. The second-order valence-corrected chi connectivity index (χ2v) is 3.46. The summed E-state index contributed by atoms with van der Waals surface area (Å²) < 4.78 is 1.79. The van der Waals surface area contributed by atoms with Crippen molar-refractivity contribution in [3.63, 3.8) is 0 Å². The number of carbonyl (C=O) groups excluding carboxylic acids is 1. The molecule has 2 N–H and O–H groups in total. The number of nitrogens with two attached hydrogens (primary N) is 1. The predicted octanol–water partition coefficient (Wildman–Crippen LogP) is 0.398. The van der Waals surface area contributed by atoms with E-state index >= 15 is 0 Å². The Morgan fingerprint density at radius 3 is 3.20 bits per heavy atom. The molecular weight excluding hydrogens is 192 g/mol. The van der Waals surface area contributed by atoms with Crippen LogP contribution in [0.25, 0.3) is 11.7 Å². The molecule has 0 saturated carbocycles. The van der Waals surface area contributed by atoms with Gasteiger partial charge < -0.3 is 5.73 Å². The standard InChI is InChI=1S/C10H8N4O/c11-9(15)7-4-6-2-1-3-8(6)14-5-12-13-10(7)14/h1,3-5H,2H2,(H2,11,15). The molecule has 0 aromatic carbocycles. The molecule has 5 nitrogen and oxygen atoms in total. The van der Waals surface area contributed by atoms with Crippen LogP contribution in [0.4, 0.5) is 0 Å². The van der Waals surface area contributed by atoms with E-state index < -0.39 is 5.91 Å². The summed E-state index contributed by atoms with van der Waals surface area (Å²) in [5.74, 6) is -0.470. The summed E-state index contributed by atoms with van der Waals surface area (Å²) in [6.45, 7) is 0. The van der Waals surface area contributed by atoms with Crippen LogP contribution in [-0.4, -0.2) is 20.5 Å². The minimum atomic E-state index is -0.470. The van der Waals surface area contributed by atoms with Crippen molar-refractivity contribution >= 4 is 17.6 Å². The maximum atomic E-state index is 11.2. The van der Waals surface area contributed by atoms with Crippen molar-refractivity contribution in [3.8, 4) is 0 Å². The first kappa shape index (κ1) is 8.16. The summed E-state index contributed by atoms with van der Waals surface area (Å²) in [7, 11) is 0. The van der Waals surface area contributed by atoms with Gasteiger partial charge in [-0.1, -0.05) is 6.08 Å². The van der Waals surface area contributed by atoms with E-state index in [-0.39, 0.29) is 0 Å². The average molecular weight is 200 g/mol. The van der Waals surface area contributed by atoms with E-state index in [1.165, 1.54) is 0 Å². The smallest absolute Gasteiger partial charge is 0.252 e. The monoisotopic (exact) mass is 200 g/mol.